The Morgan fingerprint density at radius 1 is 1.23 bits per heavy atom. The van der Waals surface area contributed by atoms with Gasteiger partial charge in [-0.25, -0.2) is 9.97 Å². The van der Waals surface area contributed by atoms with E-state index in [2.05, 4.69) is 37.6 Å². The summed E-state index contributed by atoms with van der Waals surface area (Å²) in [4.78, 5) is 23.1. The number of benzene rings is 1. The maximum atomic E-state index is 12.9. The first-order chi connectivity index (χ1) is 20.7. The quantitative estimate of drug-likeness (QED) is 0.304. The fraction of sp³-hybridized carbons (Fsp3) is 0.448. The van der Waals surface area contributed by atoms with Crippen molar-refractivity contribution in [2.75, 3.05) is 38.7 Å². The highest BCUT2D eigenvalue weighted by Gasteiger charge is 2.29. The van der Waals surface area contributed by atoms with Crippen molar-refractivity contribution in [2.45, 2.75) is 50.7 Å². The van der Waals surface area contributed by atoms with Gasteiger partial charge in [0.2, 0.25) is 5.91 Å². The number of carbonyl (C=O) groups excluding carboxylic acids is 1. The molecular weight excluding hydrogens is 583 g/mol. The summed E-state index contributed by atoms with van der Waals surface area (Å²) in [7, 11) is 1.63. The molecule has 2 fully saturated rings. The Kier molecular flexibility index (Phi) is 8.13. The molecule has 2 aliphatic rings. The lowest BCUT2D eigenvalue weighted by Crippen LogP contribution is -2.44. The third-order valence-corrected chi connectivity index (χ3v) is 8.90. The average molecular weight is 614 g/mol. The number of aromatic nitrogens is 3. The molecule has 2 saturated heterocycles. The number of hydrogen-bond acceptors (Lipinski definition) is 9. The summed E-state index contributed by atoms with van der Waals surface area (Å²) in [6.45, 7) is 3.11. The second-order valence-electron chi connectivity index (χ2n) is 10.9. The van der Waals surface area contributed by atoms with Gasteiger partial charge in [0.15, 0.2) is 0 Å². The van der Waals surface area contributed by atoms with Crippen LogP contribution in [-0.2, 0) is 29.0 Å². The number of alkyl halides is 3. The number of hydrogen-bond donors (Lipinski definition) is 2. The van der Waals surface area contributed by atoms with Crippen molar-refractivity contribution in [3.05, 3.63) is 46.7 Å². The van der Waals surface area contributed by atoms with Gasteiger partial charge in [0.1, 0.15) is 41.1 Å². The molecular formula is C29H30F3N7O3S. The molecule has 0 aliphatic carbocycles. The maximum Gasteiger partial charge on any atom is 0.393 e. The molecule has 43 heavy (non-hydrogen) atoms. The SMILES string of the molecule is COc1cc2c(cc1CN1CCC(Nc3ncnc4sc(CC(F)(F)F)cc34)CC1)cc(C#N)n2C[C@H]1CNC(=O)CO1. The van der Waals surface area contributed by atoms with Crippen molar-refractivity contribution in [1.29, 1.82) is 5.26 Å². The fourth-order valence-corrected chi connectivity index (χ4v) is 6.79. The van der Waals surface area contributed by atoms with E-state index in [1.54, 1.807) is 13.2 Å². The number of carbonyl (C=O) groups is 1. The minimum atomic E-state index is -4.27. The zero-order valence-electron chi connectivity index (χ0n) is 23.4. The number of nitrogens with zero attached hydrogens (tertiary/aromatic N) is 5. The van der Waals surface area contributed by atoms with E-state index in [0.717, 1.165) is 59.5 Å². The van der Waals surface area contributed by atoms with Crippen molar-refractivity contribution >= 4 is 44.2 Å². The van der Waals surface area contributed by atoms with Crippen LogP contribution in [0.3, 0.4) is 0 Å². The first kappa shape index (κ1) is 29.2. The summed E-state index contributed by atoms with van der Waals surface area (Å²) < 4.78 is 52.0. The molecule has 2 aliphatic heterocycles. The van der Waals surface area contributed by atoms with E-state index in [4.69, 9.17) is 9.47 Å². The van der Waals surface area contributed by atoms with Gasteiger partial charge in [0, 0.05) is 54.1 Å². The molecule has 1 amide bonds. The second-order valence-corrected chi connectivity index (χ2v) is 12.0. The molecule has 3 aromatic heterocycles. The van der Waals surface area contributed by atoms with E-state index in [0.29, 0.717) is 41.4 Å². The normalized spacial score (nSPS) is 18.6. The van der Waals surface area contributed by atoms with Crippen molar-refractivity contribution in [3.63, 3.8) is 0 Å². The lowest BCUT2D eigenvalue weighted by molar-refractivity contribution is -0.133. The Bertz CT molecular complexity index is 1680. The van der Waals surface area contributed by atoms with Crippen molar-refractivity contribution in [1.82, 2.24) is 24.8 Å². The predicted octanol–water partition coefficient (Wildman–Crippen LogP) is 4.22. The monoisotopic (exact) mass is 613 g/mol. The van der Waals surface area contributed by atoms with E-state index in [9.17, 15) is 23.2 Å². The van der Waals surface area contributed by atoms with Crippen LogP contribution in [0.15, 0.2) is 30.6 Å². The van der Waals surface area contributed by atoms with Crippen LogP contribution in [0.4, 0.5) is 19.0 Å². The standard InChI is InChI=1S/C29H30F3N7O3S/c1-41-25-9-24-17(7-20(11-33)39(24)14-21-12-34-26(40)15-42-21)6-18(25)13-38-4-2-19(3-5-38)37-27-23-8-22(10-29(30,31)32)43-28(23)36-16-35-27/h6-9,16,19,21H,2-5,10,12-15H2,1H3,(H,34,40)(H,35,36,37)/t21-/m1/s1. The van der Waals surface area contributed by atoms with E-state index in [1.165, 1.54) is 6.33 Å². The number of likely N-dealkylation sites (tertiary alicyclic amines) is 1. The molecule has 6 rings (SSSR count). The molecule has 10 nitrogen and oxygen atoms in total. The summed E-state index contributed by atoms with van der Waals surface area (Å²) in [5.74, 6) is 1.15. The largest absolute Gasteiger partial charge is 0.496 e. The van der Waals surface area contributed by atoms with Crippen molar-refractivity contribution < 1.29 is 27.4 Å². The predicted molar refractivity (Wildman–Crippen MR) is 155 cm³/mol. The summed E-state index contributed by atoms with van der Waals surface area (Å²) in [6.07, 6.45) is -2.42. The summed E-state index contributed by atoms with van der Waals surface area (Å²) in [5.41, 5.74) is 2.39. The number of morpholine rings is 1. The number of nitrogens with one attached hydrogen (secondary N) is 2. The Morgan fingerprint density at radius 3 is 2.74 bits per heavy atom. The molecule has 2 N–H and O–H groups in total. The Hall–Kier alpha value is -3.93. The third kappa shape index (κ3) is 6.53. The van der Waals surface area contributed by atoms with Gasteiger partial charge in [0.25, 0.3) is 0 Å². The molecule has 0 spiro atoms. The van der Waals surface area contributed by atoms with Gasteiger partial charge in [-0.3, -0.25) is 9.69 Å². The van der Waals surface area contributed by atoms with Gasteiger partial charge < -0.3 is 24.7 Å². The zero-order chi connectivity index (χ0) is 30.1. The van der Waals surface area contributed by atoms with E-state index < -0.39 is 12.6 Å². The number of halogens is 3. The van der Waals surface area contributed by atoms with Crippen LogP contribution in [0.1, 0.15) is 29.0 Å². The highest BCUT2D eigenvalue weighted by molar-refractivity contribution is 7.18. The smallest absolute Gasteiger partial charge is 0.393 e. The zero-order valence-corrected chi connectivity index (χ0v) is 24.2. The number of ether oxygens (including phenoxy) is 2. The number of piperidine rings is 1. The molecule has 4 aromatic rings. The molecule has 5 heterocycles. The van der Waals surface area contributed by atoms with E-state index >= 15 is 0 Å². The van der Waals surface area contributed by atoms with Crippen LogP contribution < -0.4 is 15.4 Å². The topological polar surface area (TPSA) is 117 Å². The number of fused-ring (bicyclic) bond motifs is 2. The van der Waals surface area contributed by atoms with Crippen LogP contribution in [0.5, 0.6) is 5.75 Å². The number of thiophene rings is 1. The van der Waals surface area contributed by atoms with Crippen molar-refractivity contribution in [3.8, 4) is 11.8 Å². The molecule has 14 heteroatoms. The second kappa shape index (κ2) is 12.0. The third-order valence-electron chi connectivity index (χ3n) is 7.86. The summed E-state index contributed by atoms with van der Waals surface area (Å²) in [6, 6.07) is 9.82. The molecule has 0 unspecified atom stereocenters. The Labute approximate surface area is 249 Å². The van der Waals surface area contributed by atoms with Gasteiger partial charge in [-0.15, -0.1) is 11.3 Å². The molecule has 1 atom stereocenters. The Morgan fingerprint density at radius 2 is 2.05 bits per heavy atom. The van der Waals surface area contributed by atoms with Crippen LogP contribution in [0.25, 0.3) is 21.1 Å². The van der Waals surface area contributed by atoms with Crippen LogP contribution in [0.2, 0.25) is 0 Å². The minimum Gasteiger partial charge on any atom is -0.496 e. The number of amides is 1. The molecule has 1 aromatic carbocycles. The van der Waals surface area contributed by atoms with Gasteiger partial charge in [0.05, 0.1) is 37.1 Å². The van der Waals surface area contributed by atoms with Gasteiger partial charge in [-0.2, -0.15) is 18.4 Å². The van der Waals surface area contributed by atoms with Gasteiger partial charge in [-0.05, 0) is 31.0 Å². The maximum absolute atomic E-state index is 12.9. The van der Waals surface area contributed by atoms with Gasteiger partial charge in [-0.1, -0.05) is 0 Å². The van der Waals surface area contributed by atoms with Crippen molar-refractivity contribution in [2.24, 2.45) is 0 Å². The first-order valence-electron chi connectivity index (χ1n) is 14.0. The molecule has 226 valence electrons. The first-order valence-corrected chi connectivity index (χ1v) is 14.8. The lowest BCUT2D eigenvalue weighted by atomic mass is 10.0. The number of methoxy groups -OCH3 is 1. The lowest BCUT2D eigenvalue weighted by Gasteiger charge is -2.33. The number of anilines is 1. The molecule has 0 saturated carbocycles. The fourth-order valence-electron chi connectivity index (χ4n) is 5.77. The highest BCUT2D eigenvalue weighted by atomic mass is 32.1. The van der Waals surface area contributed by atoms with Gasteiger partial charge >= 0.3 is 6.18 Å². The van der Waals surface area contributed by atoms with E-state index in [-0.39, 0.29) is 29.5 Å². The molecule has 0 bridgehead atoms. The number of nitriles is 1. The van der Waals surface area contributed by atoms with E-state index in [1.807, 2.05) is 16.7 Å². The summed E-state index contributed by atoms with van der Waals surface area (Å²) in [5, 5.41) is 17.6. The Balaban J connectivity index is 1.12. The molecule has 0 radical (unpaired) electrons. The average Bonchev–Trinajstić information content (AvgIpc) is 3.54. The summed E-state index contributed by atoms with van der Waals surface area (Å²) >= 11 is 1.05. The number of rotatable bonds is 8. The van der Waals surface area contributed by atoms with Crippen LogP contribution >= 0.6 is 11.3 Å². The van der Waals surface area contributed by atoms with Crippen LogP contribution in [-0.4, -0.2) is 77.0 Å². The van der Waals surface area contributed by atoms with Crippen LogP contribution in [0, 0.1) is 11.3 Å². The highest BCUT2D eigenvalue weighted by Crippen LogP contribution is 2.34. The minimum absolute atomic E-state index is 0.00567.